The van der Waals surface area contributed by atoms with Gasteiger partial charge in [0.25, 0.3) is 0 Å². The van der Waals surface area contributed by atoms with Crippen LogP contribution in [0.4, 0.5) is 0 Å². The zero-order valence-electron chi connectivity index (χ0n) is 9.89. The molecule has 0 aliphatic rings. The third-order valence-corrected chi connectivity index (χ3v) is 0. The second kappa shape index (κ2) is 86.6. The molecule has 0 bridgehead atoms. The first-order valence-electron chi connectivity index (χ1n) is 3.46. The fraction of sp³-hybridized carbons (Fsp3) is 0.556. The average molecular weight is 309 g/mol. The van der Waals surface area contributed by atoms with Gasteiger partial charge in [0.15, 0.2) is 0 Å². The van der Waals surface area contributed by atoms with Crippen molar-refractivity contribution in [3.8, 4) is 0 Å². The van der Waals surface area contributed by atoms with Crippen molar-refractivity contribution in [1.82, 2.24) is 0 Å². The molecule has 0 saturated heterocycles. The summed E-state index contributed by atoms with van der Waals surface area (Å²) < 4.78 is 6.08. The van der Waals surface area contributed by atoms with Crippen LogP contribution < -0.4 is 0 Å². The van der Waals surface area contributed by atoms with Crippen LogP contribution in [0.2, 0.25) is 0 Å². The molecule has 68 valence electrons. The fourth-order valence-electron chi connectivity index (χ4n) is 0. The topological polar surface area (TPSA) is 0 Å². The zero-order chi connectivity index (χ0) is 8.12. The van der Waals surface area contributed by atoms with Crippen LogP contribution >= 0.6 is 0 Å². The van der Waals surface area contributed by atoms with Gasteiger partial charge in [0.2, 0.25) is 0 Å². The van der Waals surface area contributed by atoms with E-state index in [0.717, 1.165) is 0 Å². The van der Waals surface area contributed by atoms with Gasteiger partial charge >= 0.3 is 0 Å². The van der Waals surface area contributed by atoms with Crippen molar-refractivity contribution in [3.63, 3.8) is 0 Å². The minimum atomic E-state index is 0. The summed E-state index contributed by atoms with van der Waals surface area (Å²) in [6, 6.07) is 0. The van der Waals surface area contributed by atoms with E-state index in [0.29, 0.717) is 0 Å². The van der Waals surface area contributed by atoms with Gasteiger partial charge in [0, 0.05) is 65.4 Å². The van der Waals surface area contributed by atoms with Crippen molar-refractivity contribution in [3.05, 3.63) is 27.2 Å². The van der Waals surface area contributed by atoms with E-state index in [2.05, 4.69) is 0 Å². The Morgan fingerprint density at radius 1 is 1.00 bits per heavy atom. The summed E-state index contributed by atoms with van der Waals surface area (Å²) in [6.07, 6.45) is 4.00. The van der Waals surface area contributed by atoms with Crippen molar-refractivity contribution < 1.29 is 66.8 Å². The monoisotopic (exact) mass is 309 g/mol. The minimum absolute atomic E-state index is 0. The predicted octanol–water partition coefficient (Wildman–Crippen LogP) is 3.75. The van der Waals surface area contributed by atoms with E-state index in [-0.39, 0.29) is 72.8 Å². The molecule has 0 atom stereocenters. The van der Waals surface area contributed by atoms with Crippen molar-refractivity contribution in [2.24, 2.45) is 0 Å². The van der Waals surface area contributed by atoms with E-state index in [1.165, 1.54) is 6.90 Å². The molecule has 2 heteroatoms. The van der Waals surface area contributed by atoms with Crippen LogP contribution in [-0.2, 0) is 65.4 Å². The Morgan fingerprint density at radius 3 is 1.00 bits per heavy atom. The Bertz CT molecular complexity index is 17.2. The molecule has 0 unspecified atom stereocenters. The second-order valence-corrected chi connectivity index (χ2v) is 1.15. The van der Waals surface area contributed by atoms with Gasteiger partial charge in [-0.15, -0.1) is 0 Å². The summed E-state index contributed by atoms with van der Waals surface area (Å²) in [5.74, 6) is 0. The van der Waals surface area contributed by atoms with Crippen molar-refractivity contribution in [2.75, 3.05) is 0 Å². The Kier molecular flexibility index (Phi) is 230. The summed E-state index contributed by atoms with van der Waals surface area (Å²) in [6.45, 7) is 10.9. The predicted molar refractivity (Wildman–Crippen MR) is 48.7 cm³/mol. The molecule has 0 saturated carbocycles. The van der Waals surface area contributed by atoms with Gasteiger partial charge in [-0.25, -0.2) is 1.37 Å². The SMILES string of the molecule is C[CH-]C.C[CH-]C.[2H][CH-]C.[CH3-].[Y].[Y]. The van der Waals surface area contributed by atoms with Crippen LogP contribution in [-0.4, -0.2) is 0 Å². The van der Waals surface area contributed by atoms with Crippen LogP contribution in [0.1, 0.15) is 36.0 Å². The molecule has 0 amide bonds. The number of hydrogen-bond donors (Lipinski definition) is 0. The molecule has 0 aliphatic heterocycles. The van der Waals surface area contributed by atoms with Gasteiger partial charge in [-0.3, -0.25) is 0 Å². The molecular formula is C9H22Y2-4. The summed E-state index contributed by atoms with van der Waals surface area (Å²) in [7, 11) is 0. The standard InChI is InChI=1S/2C3H7.C2H5.CH3.2Y/c2*1-3-2;1-2;;;/h2*3H,1-2H3;1H2,2H3;1H3;;/q4*-1;;/i;;1D;;;. The van der Waals surface area contributed by atoms with Crippen LogP contribution in [0.3, 0.4) is 0 Å². The molecule has 0 aromatic carbocycles. The molecule has 0 aliphatic carbocycles. The Morgan fingerprint density at radius 2 is 1.00 bits per heavy atom. The summed E-state index contributed by atoms with van der Waals surface area (Å²) in [5, 5.41) is 0. The Labute approximate surface area is 127 Å². The molecule has 0 N–H and O–H groups in total. The van der Waals surface area contributed by atoms with Crippen LogP contribution in [0.5, 0.6) is 0 Å². The Hall–Kier alpha value is 2.21. The van der Waals surface area contributed by atoms with Gasteiger partial charge < -0.3 is 27.2 Å². The van der Waals surface area contributed by atoms with Crippen LogP contribution in [0.15, 0.2) is 0 Å². The first-order valence-corrected chi connectivity index (χ1v) is 2.89. The van der Waals surface area contributed by atoms with E-state index in [4.69, 9.17) is 1.37 Å². The van der Waals surface area contributed by atoms with E-state index in [1.54, 1.807) is 6.92 Å². The molecule has 0 aromatic heterocycles. The van der Waals surface area contributed by atoms with E-state index < -0.39 is 0 Å². The quantitative estimate of drug-likeness (QED) is 0.598. The number of rotatable bonds is 0. The molecular weight excluding hydrogens is 286 g/mol. The van der Waals surface area contributed by atoms with E-state index in [9.17, 15) is 0 Å². The summed E-state index contributed by atoms with van der Waals surface area (Å²) in [4.78, 5) is 0. The molecule has 0 heterocycles. The van der Waals surface area contributed by atoms with Gasteiger partial charge in [-0.05, 0) is 0 Å². The molecule has 11 heavy (non-hydrogen) atoms. The first kappa shape index (κ1) is 29.2. The van der Waals surface area contributed by atoms with Gasteiger partial charge in [-0.2, -0.15) is 34.6 Å². The summed E-state index contributed by atoms with van der Waals surface area (Å²) in [5.41, 5.74) is 0. The largest absolute Gasteiger partial charge is 0.358 e. The smallest absolute Gasteiger partial charge is 0 e. The Balaban J connectivity index is -0.00000001000. The van der Waals surface area contributed by atoms with Crippen LogP contribution in [0.25, 0.3) is 0 Å². The molecule has 0 nitrogen and oxygen atoms in total. The van der Waals surface area contributed by atoms with Gasteiger partial charge in [0.1, 0.15) is 0 Å². The maximum atomic E-state index is 6.08. The van der Waals surface area contributed by atoms with Crippen molar-refractivity contribution >= 4 is 0 Å². The summed E-state index contributed by atoms with van der Waals surface area (Å²) >= 11 is 0. The zero-order valence-corrected chi connectivity index (χ0v) is 14.6. The van der Waals surface area contributed by atoms with Gasteiger partial charge in [0.05, 0.1) is 0 Å². The van der Waals surface area contributed by atoms with Crippen molar-refractivity contribution in [1.29, 1.82) is 0 Å². The number of hydrogen-bond acceptors (Lipinski definition) is 0. The second-order valence-electron chi connectivity index (χ2n) is 1.15. The first-order chi connectivity index (χ1) is 4.24. The van der Waals surface area contributed by atoms with E-state index >= 15 is 0 Å². The minimum Gasteiger partial charge on any atom is -0.358 e. The normalized spacial score (nSPS) is 5.00. The maximum Gasteiger partial charge on any atom is 0 e. The molecule has 0 fully saturated rings. The van der Waals surface area contributed by atoms with E-state index in [1.807, 2.05) is 40.5 Å². The molecule has 0 aromatic rings. The van der Waals surface area contributed by atoms with Crippen LogP contribution in [0, 0.1) is 27.2 Å². The fourth-order valence-corrected chi connectivity index (χ4v) is 0. The third-order valence-electron chi connectivity index (χ3n) is 0. The maximum absolute atomic E-state index is 6.08. The van der Waals surface area contributed by atoms with Gasteiger partial charge in [-0.1, -0.05) is 0 Å². The molecule has 0 rings (SSSR count). The molecule has 2 radical (unpaired) electrons. The average Bonchev–Trinajstić information content (AvgIpc) is 1.70. The third kappa shape index (κ3) is 261. The van der Waals surface area contributed by atoms with Crippen molar-refractivity contribution in [2.45, 2.75) is 34.6 Å². The molecule has 0 spiro atoms.